The molecule has 0 saturated carbocycles. The van der Waals surface area contributed by atoms with E-state index in [2.05, 4.69) is 86.5 Å². The highest BCUT2D eigenvalue weighted by Crippen LogP contribution is 2.22. The van der Waals surface area contributed by atoms with Crippen molar-refractivity contribution in [3.63, 3.8) is 0 Å². The van der Waals surface area contributed by atoms with Crippen LogP contribution in [-0.4, -0.2) is 33.8 Å². The number of hydrogen-bond acceptors (Lipinski definition) is 4. The van der Waals surface area contributed by atoms with Crippen LogP contribution in [0.4, 0.5) is 4.39 Å². The van der Waals surface area contributed by atoms with Gasteiger partial charge in [0.05, 0.1) is 5.69 Å². The highest BCUT2D eigenvalue weighted by atomic mass is 19.1. The van der Waals surface area contributed by atoms with Gasteiger partial charge in [-0.15, -0.1) is 0 Å². The lowest BCUT2D eigenvalue weighted by molar-refractivity contribution is 0.244. The van der Waals surface area contributed by atoms with E-state index in [1.54, 1.807) is 0 Å². The molecule has 4 aromatic carbocycles. The molecule has 0 radical (unpaired) electrons. The molecule has 0 aliphatic carbocycles. The van der Waals surface area contributed by atoms with Gasteiger partial charge < -0.3 is 11.5 Å². The van der Waals surface area contributed by atoms with Crippen molar-refractivity contribution < 1.29 is 4.39 Å². The Kier molecular flexibility index (Phi) is 10.5. The van der Waals surface area contributed by atoms with E-state index in [1.807, 2.05) is 36.5 Å². The standard InChI is InChI=1S/C36H39FN6/c37-33-18-16-30(17-19-33)25-43(27-34-10-3-4-20-40-34)24-29-14-12-28(13-15-29)23-42(22-6-21-41-36(38)39)26-32-9-5-8-31-7-1-2-11-35(31)32/h1-5,7-20H,6,21-27H2,(H4,38,39,41). The summed E-state index contributed by atoms with van der Waals surface area (Å²) in [6.45, 7) is 5.29. The summed E-state index contributed by atoms with van der Waals surface area (Å²) in [6, 6.07) is 36.6. The first kappa shape index (κ1) is 29.9. The first-order valence-corrected chi connectivity index (χ1v) is 14.7. The minimum atomic E-state index is -0.221. The summed E-state index contributed by atoms with van der Waals surface area (Å²) in [7, 11) is 0. The van der Waals surface area contributed by atoms with E-state index in [9.17, 15) is 4.39 Å². The molecule has 0 spiro atoms. The first-order valence-electron chi connectivity index (χ1n) is 14.7. The number of fused-ring (bicyclic) bond motifs is 1. The molecule has 1 heterocycles. The van der Waals surface area contributed by atoms with Crippen LogP contribution >= 0.6 is 0 Å². The van der Waals surface area contributed by atoms with Gasteiger partial charge in [-0.05, 0) is 63.7 Å². The topological polar surface area (TPSA) is 83.8 Å². The second-order valence-corrected chi connectivity index (χ2v) is 10.9. The van der Waals surface area contributed by atoms with Crippen LogP contribution in [0.1, 0.15) is 34.4 Å². The van der Waals surface area contributed by atoms with Crippen LogP contribution in [-0.2, 0) is 32.7 Å². The minimum Gasteiger partial charge on any atom is -0.370 e. The van der Waals surface area contributed by atoms with E-state index in [0.29, 0.717) is 19.6 Å². The molecule has 0 atom stereocenters. The SMILES string of the molecule is NC(N)=NCCCN(Cc1ccc(CN(Cc2ccc(F)cc2)Cc2ccccn2)cc1)Cc1cccc2ccccc12. The molecule has 5 aromatic rings. The molecule has 4 N–H and O–H groups in total. The predicted molar refractivity (Wildman–Crippen MR) is 173 cm³/mol. The van der Waals surface area contributed by atoms with Gasteiger partial charge in [-0.25, -0.2) is 4.39 Å². The zero-order valence-electron chi connectivity index (χ0n) is 24.4. The maximum absolute atomic E-state index is 13.5. The molecule has 1 aromatic heterocycles. The summed E-state index contributed by atoms with van der Waals surface area (Å²) < 4.78 is 13.5. The monoisotopic (exact) mass is 574 g/mol. The summed E-state index contributed by atoms with van der Waals surface area (Å²) in [5.74, 6) is -0.0888. The van der Waals surface area contributed by atoms with Crippen LogP contribution in [0.15, 0.2) is 120 Å². The van der Waals surface area contributed by atoms with Gasteiger partial charge >= 0.3 is 0 Å². The molecule has 0 bridgehead atoms. The Balaban J connectivity index is 1.29. The lowest BCUT2D eigenvalue weighted by Gasteiger charge is -2.24. The van der Waals surface area contributed by atoms with Gasteiger partial charge in [0.15, 0.2) is 5.96 Å². The Hall–Kier alpha value is -4.59. The van der Waals surface area contributed by atoms with Crippen molar-refractivity contribution in [1.29, 1.82) is 0 Å². The average molecular weight is 575 g/mol. The summed E-state index contributed by atoms with van der Waals surface area (Å²) in [4.78, 5) is 13.5. The van der Waals surface area contributed by atoms with Crippen molar-refractivity contribution in [1.82, 2.24) is 14.8 Å². The summed E-state index contributed by atoms with van der Waals surface area (Å²) in [5.41, 5.74) is 17.0. The predicted octanol–water partition coefficient (Wildman–Crippen LogP) is 6.24. The Morgan fingerprint density at radius 2 is 1.28 bits per heavy atom. The fourth-order valence-electron chi connectivity index (χ4n) is 5.39. The molecule has 0 aliphatic rings. The molecule has 0 amide bonds. The molecule has 0 saturated heterocycles. The van der Waals surface area contributed by atoms with Gasteiger partial charge in [0, 0.05) is 52.0 Å². The molecule has 0 unspecified atom stereocenters. The number of guanidine groups is 1. The summed E-state index contributed by atoms with van der Waals surface area (Å²) >= 11 is 0. The van der Waals surface area contributed by atoms with Crippen LogP contribution in [0.25, 0.3) is 10.8 Å². The van der Waals surface area contributed by atoms with Crippen molar-refractivity contribution in [2.45, 2.75) is 39.1 Å². The van der Waals surface area contributed by atoms with E-state index >= 15 is 0 Å². The number of benzene rings is 4. The highest BCUT2D eigenvalue weighted by molar-refractivity contribution is 5.85. The third kappa shape index (κ3) is 9.20. The fourth-order valence-corrected chi connectivity index (χ4v) is 5.39. The number of pyridine rings is 1. The fraction of sp³-hybridized carbons (Fsp3) is 0.222. The molecule has 5 rings (SSSR count). The molecular formula is C36H39FN6. The van der Waals surface area contributed by atoms with Crippen LogP contribution in [0.3, 0.4) is 0 Å². The second kappa shape index (κ2) is 15.0. The maximum Gasteiger partial charge on any atom is 0.185 e. The number of rotatable bonds is 14. The van der Waals surface area contributed by atoms with Gasteiger partial charge in [0.25, 0.3) is 0 Å². The molecule has 0 fully saturated rings. The van der Waals surface area contributed by atoms with Gasteiger partial charge in [0.2, 0.25) is 0 Å². The molecule has 6 nitrogen and oxygen atoms in total. The van der Waals surface area contributed by atoms with E-state index in [4.69, 9.17) is 11.5 Å². The Labute approximate surface area is 253 Å². The van der Waals surface area contributed by atoms with E-state index in [-0.39, 0.29) is 11.8 Å². The smallest absolute Gasteiger partial charge is 0.185 e. The van der Waals surface area contributed by atoms with E-state index < -0.39 is 0 Å². The second-order valence-electron chi connectivity index (χ2n) is 10.9. The largest absolute Gasteiger partial charge is 0.370 e. The quantitative estimate of drug-likeness (QED) is 0.0932. The number of halogens is 1. The van der Waals surface area contributed by atoms with Gasteiger partial charge in [0.1, 0.15) is 5.82 Å². The van der Waals surface area contributed by atoms with E-state index in [1.165, 1.54) is 39.6 Å². The molecule has 43 heavy (non-hydrogen) atoms. The van der Waals surface area contributed by atoms with E-state index in [0.717, 1.165) is 43.9 Å². The summed E-state index contributed by atoms with van der Waals surface area (Å²) in [6.07, 6.45) is 2.69. The van der Waals surface area contributed by atoms with Crippen LogP contribution < -0.4 is 11.5 Å². The lowest BCUT2D eigenvalue weighted by Crippen LogP contribution is -2.26. The lowest BCUT2D eigenvalue weighted by atomic mass is 10.0. The molecule has 7 heteroatoms. The Morgan fingerprint density at radius 3 is 1.95 bits per heavy atom. The molecule has 220 valence electrons. The maximum atomic E-state index is 13.5. The van der Waals surface area contributed by atoms with Crippen LogP contribution in [0.2, 0.25) is 0 Å². The minimum absolute atomic E-state index is 0.132. The van der Waals surface area contributed by atoms with Crippen molar-refractivity contribution in [3.8, 4) is 0 Å². The molecular weight excluding hydrogens is 535 g/mol. The Morgan fingerprint density at radius 1 is 0.651 bits per heavy atom. The van der Waals surface area contributed by atoms with Gasteiger partial charge in [-0.2, -0.15) is 0 Å². The zero-order chi connectivity index (χ0) is 29.9. The van der Waals surface area contributed by atoms with Gasteiger partial charge in [-0.1, -0.05) is 84.9 Å². The van der Waals surface area contributed by atoms with Crippen LogP contribution in [0.5, 0.6) is 0 Å². The summed E-state index contributed by atoms with van der Waals surface area (Å²) in [5, 5.41) is 2.53. The average Bonchev–Trinajstić information content (AvgIpc) is 3.02. The van der Waals surface area contributed by atoms with Crippen LogP contribution in [0, 0.1) is 5.82 Å². The highest BCUT2D eigenvalue weighted by Gasteiger charge is 2.12. The number of nitrogens with zero attached hydrogens (tertiary/aromatic N) is 4. The number of nitrogens with two attached hydrogens (primary N) is 2. The van der Waals surface area contributed by atoms with Crippen molar-refractivity contribution in [2.75, 3.05) is 13.1 Å². The third-order valence-corrected chi connectivity index (χ3v) is 7.47. The zero-order valence-corrected chi connectivity index (χ0v) is 24.4. The number of hydrogen-bond donors (Lipinski definition) is 2. The normalized spacial score (nSPS) is 11.3. The van der Waals surface area contributed by atoms with Crippen molar-refractivity contribution >= 4 is 16.7 Å². The Bertz CT molecular complexity index is 1590. The van der Waals surface area contributed by atoms with Crippen molar-refractivity contribution in [3.05, 3.63) is 149 Å². The third-order valence-electron chi connectivity index (χ3n) is 7.47. The van der Waals surface area contributed by atoms with Crippen molar-refractivity contribution in [2.24, 2.45) is 16.5 Å². The number of aliphatic imine (C=N–C) groups is 1. The first-order chi connectivity index (χ1) is 21.0. The molecule has 0 aliphatic heterocycles. The van der Waals surface area contributed by atoms with Gasteiger partial charge in [-0.3, -0.25) is 19.8 Å². The number of aromatic nitrogens is 1.